The first-order chi connectivity index (χ1) is 16.8. The molecule has 8 nitrogen and oxygen atoms in total. The fourth-order valence-electron chi connectivity index (χ4n) is 2.89. The zero-order valence-electron chi connectivity index (χ0n) is 22.3. The molecule has 0 heterocycles. The first-order valence-electron chi connectivity index (χ1n) is 11.8. The predicted octanol–water partition coefficient (Wildman–Crippen LogP) is -3.36. The van der Waals surface area contributed by atoms with Gasteiger partial charge in [-0.15, -0.1) is 6.42 Å². The Labute approximate surface area is 265 Å². The third-order valence-electron chi connectivity index (χ3n) is 4.59. The van der Waals surface area contributed by atoms with Gasteiger partial charge in [-0.2, -0.15) is 0 Å². The zero-order chi connectivity index (χ0) is 26.2. The molecular formula is C26H33Na2O8P. The molecule has 0 aromatic rings. The number of terminal acetylenes is 1. The summed E-state index contributed by atoms with van der Waals surface area (Å²) < 4.78 is 24.8. The second kappa shape index (κ2) is 28.3. The molecule has 1 atom stereocenters. The number of carbonyl (C=O) groups excluding carboxylic acids is 2. The van der Waals surface area contributed by atoms with Gasteiger partial charge in [-0.05, 0) is 41.9 Å². The second-order valence-corrected chi connectivity index (χ2v) is 8.79. The van der Waals surface area contributed by atoms with Gasteiger partial charge in [0.1, 0.15) is 6.61 Å². The van der Waals surface area contributed by atoms with Crippen molar-refractivity contribution < 1.29 is 97.1 Å². The average Bonchev–Trinajstić information content (AvgIpc) is 2.81. The Morgan fingerprint density at radius 2 is 1.32 bits per heavy atom. The van der Waals surface area contributed by atoms with Crippen molar-refractivity contribution in [3.8, 4) is 47.9 Å². The molecule has 0 aliphatic carbocycles. The second-order valence-electron chi connectivity index (χ2n) is 7.63. The minimum Gasteiger partial charge on any atom is -0.790 e. The molecule has 0 aliphatic rings. The van der Waals surface area contributed by atoms with E-state index in [1.54, 1.807) is 0 Å². The van der Waals surface area contributed by atoms with Gasteiger partial charge in [0.25, 0.3) is 0 Å². The largest absolute Gasteiger partial charge is 1.00 e. The number of unbranched alkanes of at least 4 members (excludes halogenated alkanes) is 10. The van der Waals surface area contributed by atoms with E-state index in [0.717, 1.165) is 19.3 Å². The van der Waals surface area contributed by atoms with Gasteiger partial charge in [-0.1, -0.05) is 71.1 Å². The minimum atomic E-state index is -5.29. The molecule has 0 spiro atoms. The summed E-state index contributed by atoms with van der Waals surface area (Å²) in [6, 6.07) is 0. The summed E-state index contributed by atoms with van der Waals surface area (Å²) in [5.41, 5.74) is 0. The van der Waals surface area contributed by atoms with Crippen LogP contribution in [0.15, 0.2) is 0 Å². The van der Waals surface area contributed by atoms with Crippen LogP contribution in [0.1, 0.15) is 84.0 Å². The van der Waals surface area contributed by atoms with Gasteiger partial charge in [0.15, 0.2) is 6.10 Å². The quantitative estimate of drug-likeness (QED) is 0.0433. The standard InChI is InChI=1S/C26H35O8P.2Na/c1-3-5-7-9-11-12-13-14-15-17-19-21-26(28)34-24(23-33-35(29,30)31)22-32-25(27)20-18-16-10-8-6-4-2;;/h2,24H,3,5,7,9,11-15,17,19,21-23H2,1H3,(H2,29,30,31);;/q;2*+1/p-2/t24-;;/m0../s1. The predicted molar refractivity (Wildman–Crippen MR) is 128 cm³/mol. The van der Waals surface area contributed by atoms with Crippen molar-refractivity contribution in [3.63, 3.8) is 0 Å². The van der Waals surface area contributed by atoms with E-state index < -0.39 is 39.1 Å². The molecule has 0 saturated carbocycles. The Kier molecular flexibility index (Phi) is 31.2. The summed E-state index contributed by atoms with van der Waals surface area (Å²) in [7, 11) is -5.29. The maximum absolute atomic E-state index is 12.1. The van der Waals surface area contributed by atoms with E-state index in [9.17, 15) is 23.9 Å². The molecule has 0 bridgehead atoms. The molecule has 0 radical (unpaired) electrons. The molecule has 0 N–H and O–H groups in total. The van der Waals surface area contributed by atoms with Gasteiger partial charge in [-0.3, -0.25) is 4.79 Å². The van der Waals surface area contributed by atoms with Crippen LogP contribution in [0, 0.1) is 47.9 Å². The molecule has 0 aromatic heterocycles. The number of esters is 2. The van der Waals surface area contributed by atoms with Crippen molar-refractivity contribution in [2.45, 2.75) is 90.1 Å². The fraction of sp³-hybridized carbons (Fsp3) is 0.615. The third-order valence-corrected chi connectivity index (χ3v) is 5.05. The van der Waals surface area contributed by atoms with Crippen LogP contribution >= 0.6 is 7.82 Å². The summed E-state index contributed by atoms with van der Waals surface area (Å²) in [5, 5.41) is 0. The maximum Gasteiger partial charge on any atom is 1.00 e. The van der Waals surface area contributed by atoms with E-state index >= 15 is 0 Å². The minimum absolute atomic E-state index is 0. The fourth-order valence-corrected chi connectivity index (χ4v) is 3.23. The van der Waals surface area contributed by atoms with E-state index in [-0.39, 0.29) is 65.5 Å². The Balaban J connectivity index is -0.00000578. The van der Waals surface area contributed by atoms with Crippen LogP contribution in [0.25, 0.3) is 0 Å². The molecule has 0 amide bonds. The summed E-state index contributed by atoms with van der Waals surface area (Å²) in [5.74, 6) is 13.8. The Morgan fingerprint density at radius 3 is 1.86 bits per heavy atom. The van der Waals surface area contributed by atoms with Crippen LogP contribution in [0.5, 0.6) is 0 Å². The van der Waals surface area contributed by atoms with Crippen LogP contribution in [0.4, 0.5) is 0 Å². The number of phosphoric acid groups is 1. The maximum atomic E-state index is 12.1. The van der Waals surface area contributed by atoms with Gasteiger partial charge in [0.05, 0.1) is 14.4 Å². The Hall–Kier alpha value is -0.710. The van der Waals surface area contributed by atoms with Crippen LogP contribution in [-0.4, -0.2) is 31.3 Å². The van der Waals surface area contributed by atoms with Gasteiger partial charge in [0.2, 0.25) is 0 Å². The smallest absolute Gasteiger partial charge is 0.790 e. The van der Waals surface area contributed by atoms with Crippen molar-refractivity contribution >= 4 is 19.8 Å². The van der Waals surface area contributed by atoms with Gasteiger partial charge < -0.3 is 28.3 Å². The molecule has 37 heavy (non-hydrogen) atoms. The molecule has 0 fully saturated rings. The number of hydrogen-bond donors (Lipinski definition) is 0. The van der Waals surface area contributed by atoms with Gasteiger partial charge in [0, 0.05) is 12.3 Å². The molecule has 0 unspecified atom stereocenters. The number of rotatable bonds is 18. The zero-order valence-corrected chi connectivity index (χ0v) is 27.2. The Bertz CT molecular complexity index is 907. The molecule has 0 aliphatic heterocycles. The van der Waals surface area contributed by atoms with Crippen molar-refractivity contribution in [2.75, 3.05) is 13.2 Å². The van der Waals surface area contributed by atoms with Crippen LogP contribution < -0.4 is 68.9 Å². The first-order valence-corrected chi connectivity index (χ1v) is 13.2. The molecule has 0 rings (SSSR count). The molecule has 192 valence electrons. The first kappa shape index (κ1) is 40.8. The van der Waals surface area contributed by atoms with Crippen molar-refractivity contribution in [2.24, 2.45) is 0 Å². The third kappa shape index (κ3) is 31.4. The van der Waals surface area contributed by atoms with E-state index in [0.29, 0.717) is 6.42 Å². The molecule has 11 heteroatoms. The monoisotopic (exact) mass is 550 g/mol. The number of carbonyl (C=O) groups is 2. The topological polar surface area (TPSA) is 125 Å². The average molecular weight is 550 g/mol. The van der Waals surface area contributed by atoms with Crippen molar-refractivity contribution in [1.29, 1.82) is 0 Å². The summed E-state index contributed by atoms with van der Waals surface area (Å²) >= 11 is 0. The van der Waals surface area contributed by atoms with Crippen LogP contribution in [-0.2, 0) is 28.2 Å². The van der Waals surface area contributed by atoms with Crippen LogP contribution in [0.2, 0.25) is 0 Å². The number of hydrogen-bond acceptors (Lipinski definition) is 8. The van der Waals surface area contributed by atoms with E-state index in [2.05, 4.69) is 52.9 Å². The van der Waals surface area contributed by atoms with Crippen LogP contribution in [0.3, 0.4) is 0 Å². The molecule has 0 saturated heterocycles. The van der Waals surface area contributed by atoms with Crippen molar-refractivity contribution in [3.05, 3.63) is 0 Å². The van der Waals surface area contributed by atoms with Gasteiger partial charge >= 0.3 is 71.1 Å². The SMILES string of the molecule is C#CC#CC#CC#CC(=O)OC[C@@H](COP(=O)([O-])[O-])OC(=O)CCCCCCCCCCCCC.[Na+].[Na+]. The summed E-state index contributed by atoms with van der Waals surface area (Å²) in [4.78, 5) is 45.1. The van der Waals surface area contributed by atoms with Gasteiger partial charge in [-0.25, -0.2) is 4.79 Å². The number of phosphoric ester groups is 1. The van der Waals surface area contributed by atoms with E-state index in [1.807, 2.05) is 0 Å². The van der Waals surface area contributed by atoms with E-state index in [1.165, 1.54) is 44.9 Å². The molecular weight excluding hydrogens is 517 g/mol. The summed E-state index contributed by atoms with van der Waals surface area (Å²) in [6.07, 6.45) is 16.1. The van der Waals surface area contributed by atoms with Crippen molar-refractivity contribution in [1.82, 2.24) is 0 Å². The summed E-state index contributed by atoms with van der Waals surface area (Å²) in [6.45, 7) is 0.893. The Morgan fingerprint density at radius 1 is 0.811 bits per heavy atom. The number of ether oxygens (including phenoxy) is 2. The molecule has 0 aromatic carbocycles. The normalized spacial score (nSPS) is 10.2. The van der Waals surface area contributed by atoms with E-state index in [4.69, 9.17) is 15.9 Å².